The van der Waals surface area contributed by atoms with Crippen LogP contribution in [0.3, 0.4) is 0 Å². The molecule has 0 spiro atoms. The molecule has 5 nitrogen and oxygen atoms in total. The zero-order valence-electron chi connectivity index (χ0n) is 16.9. The molecule has 1 aliphatic heterocycles. The lowest BCUT2D eigenvalue weighted by Crippen LogP contribution is -2.30. The highest BCUT2D eigenvalue weighted by Crippen LogP contribution is 2.63. The van der Waals surface area contributed by atoms with Crippen LogP contribution in [0.5, 0.6) is 0 Å². The van der Waals surface area contributed by atoms with Gasteiger partial charge in [0.15, 0.2) is 0 Å². The summed E-state index contributed by atoms with van der Waals surface area (Å²) in [6.07, 6.45) is 5.27. The number of fused-ring (bicyclic) bond motifs is 1. The van der Waals surface area contributed by atoms with Gasteiger partial charge in [-0.3, -0.25) is 4.72 Å². The predicted octanol–water partition coefficient (Wildman–Crippen LogP) is 3.47. The predicted molar refractivity (Wildman–Crippen MR) is 111 cm³/mol. The van der Waals surface area contributed by atoms with E-state index in [9.17, 15) is 8.42 Å². The van der Waals surface area contributed by atoms with Gasteiger partial charge in [0, 0.05) is 31.3 Å². The fourth-order valence-electron chi connectivity index (χ4n) is 4.68. The molecule has 1 unspecified atom stereocenters. The third-order valence-electron chi connectivity index (χ3n) is 6.47. The van der Waals surface area contributed by atoms with Crippen molar-refractivity contribution >= 4 is 15.7 Å². The Bertz CT molecular complexity index is 723. The summed E-state index contributed by atoms with van der Waals surface area (Å²) in [4.78, 5) is 2.62. The lowest BCUT2D eigenvalue weighted by atomic mass is 9.92. The number of piperidine rings is 1. The number of methoxy groups -OCH3 is 1. The monoisotopic (exact) mass is 394 g/mol. The van der Waals surface area contributed by atoms with Gasteiger partial charge in [0.25, 0.3) is 0 Å². The maximum absolute atomic E-state index is 12.1. The number of hydrogen-bond acceptors (Lipinski definition) is 4. The molecule has 1 aromatic carbocycles. The van der Waals surface area contributed by atoms with Crippen molar-refractivity contribution < 1.29 is 13.2 Å². The largest absolute Gasteiger partial charge is 0.384 e. The molecule has 0 radical (unpaired) electrons. The Morgan fingerprint density at radius 3 is 2.63 bits per heavy atom. The molecule has 0 aromatic heterocycles. The molecule has 0 amide bonds. The van der Waals surface area contributed by atoms with Crippen LogP contribution in [0.15, 0.2) is 24.3 Å². The topological polar surface area (TPSA) is 58.6 Å². The molecular formula is C21H34N2O3S. The Hall–Kier alpha value is -1.11. The van der Waals surface area contributed by atoms with E-state index in [4.69, 9.17) is 4.74 Å². The molecule has 1 heterocycles. The second kappa shape index (κ2) is 8.50. The summed E-state index contributed by atoms with van der Waals surface area (Å²) in [5.41, 5.74) is 2.11. The number of sulfonamides is 1. The van der Waals surface area contributed by atoms with Crippen LogP contribution in [0.25, 0.3) is 0 Å². The van der Waals surface area contributed by atoms with E-state index in [-0.39, 0.29) is 17.8 Å². The Morgan fingerprint density at radius 2 is 1.96 bits per heavy atom. The highest BCUT2D eigenvalue weighted by atomic mass is 32.2. The Morgan fingerprint density at radius 1 is 1.22 bits per heavy atom. The molecule has 6 heteroatoms. The third-order valence-corrected chi connectivity index (χ3v) is 7.72. The van der Waals surface area contributed by atoms with Crippen LogP contribution >= 0.6 is 0 Å². The fraction of sp³-hybridized carbons (Fsp3) is 0.714. The quantitative estimate of drug-likeness (QED) is 0.584. The normalized spacial score (nSPS) is 27.5. The van der Waals surface area contributed by atoms with Crippen LogP contribution in [-0.4, -0.2) is 52.4 Å². The molecule has 152 valence electrons. The van der Waals surface area contributed by atoms with Crippen molar-refractivity contribution in [2.75, 3.05) is 43.8 Å². The van der Waals surface area contributed by atoms with Gasteiger partial charge in [0.2, 0.25) is 10.0 Å². The summed E-state index contributed by atoms with van der Waals surface area (Å²) in [5, 5.41) is 0. The van der Waals surface area contributed by atoms with Gasteiger partial charge >= 0.3 is 0 Å². The molecule has 2 fully saturated rings. The summed E-state index contributed by atoms with van der Waals surface area (Å²) >= 11 is 0. The van der Waals surface area contributed by atoms with Crippen LogP contribution in [0, 0.1) is 11.8 Å². The second-order valence-electron chi connectivity index (χ2n) is 8.31. The van der Waals surface area contributed by atoms with Gasteiger partial charge in [-0.25, -0.2) is 8.42 Å². The van der Waals surface area contributed by atoms with E-state index in [0.717, 1.165) is 0 Å². The van der Waals surface area contributed by atoms with Crippen LogP contribution in [0.4, 0.5) is 5.69 Å². The van der Waals surface area contributed by atoms with Crippen LogP contribution < -0.4 is 4.72 Å². The highest BCUT2D eigenvalue weighted by molar-refractivity contribution is 7.92. The Labute approximate surface area is 164 Å². The van der Waals surface area contributed by atoms with Crippen molar-refractivity contribution in [3.05, 3.63) is 29.8 Å². The number of ether oxygens (including phenoxy) is 1. The van der Waals surface area contributed by atoms with Crippen molar-refractivity contribution in [3.63, 3.8) is 0 Å². The van der Waals surface area contributed by atoms with Crippen molar-refractivity contribution in [2.24, 2.45) is 11.8 Å². The van der Waals surface area contributed by atoms with Gasteiger partial charge in [0.1, 0.15) is 0 Å². The van der Waals surface area contributed by atoms with E-state index in [1.807, 2.05) is 18.2 Å². The van der Waals surface area contributed by atoms with Crippen LogP contribution in [-0.2, 0) is 20.2 Å². The van der Waals surface area contributed by atoms with E-state index in [1.165, 1.54) is 58.0 Å². The molecule has 1 N–H and O–H groups in total. The summed E-state index contributed by atoms with van der Waals surface area (Å²) in [6.45, 7) is 8.37. The van der Waals surface area contributed by atoms with Gasteiger partial charge in [-0.1, -0.05) is 45.2 Å². The highest BCUT2D eigenvalue weighted by Gasteiger charge is 2.65. The fourth-order valence-corrected chi connectivity index (χ4v) is 5.65. The van der Waals surface area contributed by atoms with Gasteiger partial charge in [0.05, 0.1) is 12.4 Å². The first kappa shape index (κ1) is 20.6. The van der Waals surface area contributed by atoms with Crippen LogP contribution in [0.2, 0.25) is 0 Å². The van der Waals surface area contributed by atoms with E-state index >= 15 is 0 Å². The molecule has 2 aliphatic rings. The number of hydrogen-bond donors (Lipinski definition) is 1. The number of unbranched alkanes of at least 4 members (excludes halogenated alkanes) is 3. The molecule has 3 rings (SSSR count). The van der Waals surface area contributed by atoms with E-state index < -0.39 is 10.0 Å². The third kappa shape index (κ3) is 4.66. The molecule has 1 saturated carbocycles. The van der Waals surface area contributed by atoms with Gasteiger partial charge < -0.3 is 9.64 Å². The van der Waals surface area contributed by atoms with Crippen molar-refractivity contribution in [1.82, 2.24) is 4.90 Å². The van der Waals surface area contributed by atoms with Crippen molar-refractivity contribution in [3.8, 4) is 0 Å². The first-order valence-electron chi connectivity index (χ1n) is 10.2. The van der Waals surface area contributed by atoms with E-state index in [1.54, 1.807) is 0 Å². The lowest BCUT2D eigenvalue weighted by molar-refractivity contribution is 0.217. The minimum Gasteiger partial charge on any atom is -0.384 e. The number of nitrogens with zero attached hydrogens (tertiary/aromatic N) is 1. The molecule has 1 aliphatic carbocycles. The number of benzene rings is 1. The number of likely N-dealkylation sites (tertiary alicyclic amines) is 1. The number of anilines is 1. The van der Waals surface area contributed by atoms with Gasteiger partial charge in [-0.05, 0) is 42.5 Å². The summed E-state index contributed by atoms with van der Waals surface area (Å²) in [7, 11) is -1.85. The van der Waals surface area contributed by atoms with Gasteiger partial charge in [-0.2, -0.15) is 0 Å². The first-order valence-corrected chi connectivity index (χ1v) is 11.9. The SMILES string of the molecule is CCCCCCN1C[C@@H]2[C@H](C1)C2(C)c1cccc(NS(=O)(=O)CCOC)c1. The zero-order chi connectivity index (χ0) is 19.5. The molecule has 27 heavy (non-hydrogen) atoms. The van der Waals surface area contributed by atoms with Crippen molar-refractivity contribution in [1.29, 1.82) is 0 Å². The van der Waals surface area contributed by atoms with E-state index in [2.05, 4.69) is 29.5 Å². The van der Waals surface area contributed by atoms with Gasteiger partial charge in [-0.15, -0.1) is 0 Å². The Balaban J connectivity index is 1.57. The average molecular weight is 395 g/mol. The number of rotatable bonds is 11. The lowest BCUT2D eigenvalue weighted by Gasteiger charge is -2.24. The summed E-state index contributed by atoms with van der Waals surface area (Å²) < 4.78 is 31.8. The molecule has 3 atom stereocenters. The average Bonchev–Trinajstić information content (AvgIpc) is 3.00. The zero-order valence-corrected chi connectivity index (χ0v) is 17.7. The number of nitrogens with one attached hydrogen (secondary N) is 1. The van der Waals surface area contributed by atoms with Crippen molar-refractivity contribution in [2.45, 2.75) is 44.9 Å². The molecule has 0 bridgehead atoms. The summed E-state index contributed by atoms with van der Waals surface area (Å²) in [5.74, 6) is 1.37. The molecule has 1 saturated heterocycles. The maximum atomic E-state index is 12.1. The molecular weight excluding hydrogens is 360 g/mol. The Kier molecular flexibility index (Phi) is 6.49. The second-order valence-corrected chi connectivity index (χ2v) is 10.2. The minimum absolute atomic E-state index is 0.0246. The maximum Gasteiger partial charge on any atom is 0.234 e. The first-order chi connectivity index (χ1) is 12.9. The molecule has 1 aromatic rings. The standard InChI is InChI=1S/C21H34N2O3S/c1-4-5-6-7-11-23-15-19-20(16-23)21(19,2)17-9-8-10-18(14-17)22-27(24,25)13-12-26-3/h8-10,14,19-20,22H,4-7,11-13,15-16H2,1-3H3/t19-,20+,21?. The summed E-state index contributed by atoms with van der Waals surface area (Å²) in [6, 6.07) is 7.96. The van der Waals surface area contributed by atoms with Crippen LogP contribution in [0.1, 0.15) is 45.1 Å². The minimum atomic E-state index is -3.36. The smallest absolute Gasteiger partial charge is 0.234 e. The van der Waals surface area contributed by atoms with E-state index in [0.29, 0.717) is 17.5 Å².